The SMILES string of the molecule is Cc1ccccc1OCCCC(=O)Nc1ccccc1C(=O)NCCN. The van der Waals surface area contributed by atoms with E-state index < -0.39 is 0 Å². The van der Waals surface area contributed by atoms with Crippen LogP contribution >= 0.6 is 0 Å². The minimum absolute atomic E-state index is 0.155. The van der Waals surface area contributed by atoms with Crippen molar-refractivity contribution in [3.8, 4) is 5.75 Å². The highest BCUT2D eigenvalue weighted by molar-refractivity contribution is 6.03. The lowest BCUT2D eigenvalue weighted by Gasteiger charge is -2.12. The van der Waals surface area contributed by atoms with Crippen molar-refractivity contribution in [1.29, 1.82) is 0 Å². The van der Waals surface area contributed by atoms with Crippen LogP contribution in [0.1, 0.15) is 28.8 Å². The number of carbonyl (C=O) groups excluding carboxylic acids is 2. The minimum Gasteiger partial charge on any atom is -0.493 e. The summed E-state index contributed by atoms with van der Waals surface area (Å²) in [6.45, 7) is 3.18. The van der Waals surface area contributed by atoms with Crippen molar-refractivity contribution in [1.82, 2.24) is 5.32 Å². The fraction of sp³-hybridized carbons (Fsp3) is 0.300. The Balaban J connectivity index is 1.82. The van der Waals surface area contributed by atoms with E-state index in [1.165, 1.54) is 0 Å². The van der Waals surface area contributed by atoms with Gasteiger partial charge in [-0.25, -0.2) is 0 Å². The Hall–Kier alpha value is -2.86. The number of para-hydroxylation sites is 2. The number of hydrogen-bond donors (Lipinski definition) is 3. The molecule has 0 spiro atoms. The van der Waals surface area contributed by atoms with Crippen molar-refractivity contribution in [2.45, 2.75) is 19.8 Å². The molecule has 0 fully saturated rings. The molecule has 0 aliphatic heterocycles. The van der Waals surface area contributed by atoms with Crippen LogP contribution in [0.3, 0.4) is 0 Å². The van der Waals surface area contributed by atoms with Gasteiger partial charge >= 0.3 is 0 Å². The topological polar surface area (TPSA) is 93.4 Å². The third-order valence-electron chi connectivity index (χ3n) is 3.78. The lowest BCUT2D eigenvalue weighted by molar-refractivity contribution is -0.116. The van der Waals surface area contributed by atoms with Gasteiger partial charge in [0.25, 0.3) is 5.91 Å². The first-order valence-corrected chi connectivity index (χ1v) is 8.67. The van der Waals surface area contributed by atoms with Gasteiger partial charge in [0.15, 0.2) is 0 Å². The molecule has 0 aliphatic rings. The first-order chi connectivity index (χ1) is 12.6. The summed E-state index contributed by atoms with van der Waals surface area (Å²) in [5, 5.41) is 5.49. The van der Waals surface area contributed by atoms with Crippen molar-refractivity contribution in [3.05, 3.63) is 59.7 Å². The van der Waals surface area contributed by atoms with Crippen LogP contribution in [0.5, 0.6) is 5.75 Å². The molecule has 0 radical (unpaired) electrons. The predicted molar refractivity (Wildman–Crippen MR) is 102 cm³/mol. The van der Waals surface area contributed by atoms with Gasteiger partial charge in [0.05, 0.1) is 17.9 Å². The number of aryl methyl sites for hydroxylation is 1. The smallest absolute Gasteiger partial charge is 0.253 e. The molecule has 0 aliphatic carbocycles. The van der Waals surface area contributed by atoms with Gasteiger partial charge in [-0.05, 0) is 37.1 Å². The molecule has 0 saturated heterocycles. The van der Waals surface area contributed by atoms with E-state index in [0.717, 1.165) is 11.3 Å². The maximum absolute atomic E-state index is 12.2. The highest BCUT2D eigenvalue weighted by Gasteiger charge is 2.12. The zero-order valence-electron chi connectivity index (χ0n) is 15.0. The summed E-state index contributed by atoms with van der Waals surface area (Å²) in [6, 6.07) is 14.7. The Kier molecular flexibility index (Phi) is 7.64. The molecule has 138 valence electrons. The van der Waals surface area contributed by atoms with E-state index in [1.807, 2.05) is 31.2 Å². The van der Waals surface area contributed by atoms with Gasteiger partial charge in [0.1, 0.15) is 5.75 Å². The van der Waals surface area contributed by atoms with Crippen molar-refractivity contribution in [3.63, 3.8) is 0 Å². The zero-order valence-corrected chi connectivity index (χ0v) is 15.0. The van der Waals surface area contributed by atoms with E-state index in [1.54, 1.807) is 24.3 Å². The molecule has 0 unspecified atom stereocenters. The summed E-state index contributed by atoms with van der Waals surface area (Å²) in [5.74, 6) is 0.418. The van der Waals surface area contributed by atoms with E-state index in [2.05, 4.69) is 10.6 Å². The first kappa shape index (κ1) is 19.5. The fourth-order valence-corrected chi connectivity index (χ4v) is 2.42. The van der Waals surface area contributed by atoms with Gasteiger partial charge in [0, 0.05) is 19.5 Å². The Morgan fingerprint density at radius 1 is 1.08 bits per heavy atom. The van der Waals surface area contributed by atoms with Crippen molar-refractivity contribution < 1.29 is 14.3 Å². The number of nitrogens with two attached hydrogens (primary N) is 1. The van der Waals surface area contributed by atoms with Crippen molar-refractivity contribution >= 4 is 17.5 Å². The Morgan fingerprint density at radius 2 is 1.81 bits per heavy atom. The molecular formula is C20H25N3O3. The van der Waals surface area contributed by atoms with E-state index in [-0.39, 0.29) is 11.8 Å². The lowest BCUT2D eigenvalue weighted by atomic mass is 10.1. The number of carbonyl (C=O) groups is 2. The Morgan fingerprint density at radius 3 is 2.58 bits per heavy atom. The monoisotopic (exact) mass is 355 g/mol. The van der Waals surface area contributed by atoms with Gasteiger partial charge in [-0.15, -0.1) is 0 Å². The second-order valence-corrected chi connectivity index (χ2v) is 5.86. The third kappa shape index (κ3) is 5.89. The number of nitrogens with one attached hydrogen (secondary N) is 2. The lowest BCUT2D eigenvalue weighted by Crippen LogP contribution is -2.30. The molecule has 0 atom stereocenters. The van der Waals surface area contributed by atoms with Crippen LogP contribution in [0.2, 0.25) is 0 Å². The normalized spacial score (nSPS) is 10.2. The molecule has 6 nitrogen and oxygen atoms in total. The molecule has 26 heavy (non-hydrogen) atoms. The van der Waals surface area contributed by atoms with Gasteiger partial charge in [-0.3, -0.25) is 9.59 Å². The molecule has 2 amide bonds. The number of benzene rings is 2. The number of rotatable bonds is 9. The van der Waals surface area contributed by atoms with Crippen LogP contribution in [-0.2, 0) is 4.79 Å². The minimum atomic E-state index is -0.255. The van der Waals surface area contributed by atoms with Crippen LogP contribution in [-0.4, -0.2) is 31.5 Å². The average Bonchev–Trinajstić information content (AvgIpc) is 2.65. The molecule has 0 saturated carbocycles. The molecular weight excluding hydrogens is 330 g/mol. The maximum atomic E-state index is 12.2. The number of ether oxygens (including phenoxy) is 1. The molecule has 0 heterocycles. The zero-order chi connectivity index (χ0) is 18.8. The quantitative estimate of drug-likeness (QED) is 0.603. The molecule has 4 N–H and O–H groups in total. The highest BCUT2D eigenvalue weighted by Crippen LogP contribution is 2.17. The third-order valence-corrected chi connectivity index (χ3v) is 3.78. The van der Waals surface area contributed by atoms with Crippen LogP contribution in [0.25, 0.3) is 0 Å². The van der Waals surface area contributed by atoms with Crippen LogP contribution < -0.4 is 21.1 Å². The summed E-state index contributed by atoms with van der Waals surface area (Å²) in [7, 11) is 0. The maximum Gasteiger partial charge on any atom is 0.253 e. The molecule has 6 heteroatoms. The number of amides is 2. The summed E-state index contributed by atoms with van der Waals surface area (Å²) >= 11 is 0. The highest BCUT2D eigenvalue weighted by atomic mass is 16.5. The fourth-order valence-electron chi connectivity index (χ4n) is 2.42. The molecule has 2 aromatic carbocycles. The molecule has 2 aromatic rings. The largest absolute Gasteiger partial charge is 0.493 e. The van der Waals surface area contributed by atoms with Gasteiger partial charge in [-0.2, -0.15) is 0 Å². The van der Waals surface area contributed by atoms with Gasteiger partial charge < -0.3 is 21.1 Å². The van der Waals surface area contributed by atoms with Gasteiger partial charge in [0.2, 0.25) is 5.91 Å². The van der Waals surface area contributed by atoms with Crippen LogP contribution in [0.15, 0.2) is 48.5 Å². The Labute approximate surface area is 153 Å². The van der Waals surface area contributed by atoms with Crippen molar-refractivity contribution in [2.24, 2.45) is 5.73 Å². The van der Waals surface area contributed by atoms with E-state index in [0.29, 0.717) is 43.8 Å². The summed E-state index contributed by atoms with van der Waals surface area (Å²) in [4.78, 5) is 24.3. The van der Waals surface area contributed by atoms with Crippen molar-refractivity contribution in [2.75, 3.05) is 25.0 Å². The van der Waals surface area contributed by atoms with E-state index in [4.69, 9.17) is 10.5 Å². The second-order valence-electron chi connectivity index (χ2n) is 5.86. The van der Waals surface area contributed by atoms with E-state index in [9.17, 15) is 9.59 Å². The number of anilines is 1. The Bertz CT molecular complexity index is 747. The first-order valence-electron chi connectivity index (χ1n) is 8.67. The summed E-state index contributed by atoms with van der Waals surface area (Å²) in [6.07, 6.45) is 0.895. The second kappa shape index (κ2) is 10.2. The van der Waals surface area contributed by atoms with Crippen LogP contribution in [0.4, 0.5) is 5.69 Å². The summed E-state index contributed by atoms with van der Waals surface area (Å²) < 4.78 is 5.69. The average molecular weight is 355 g/mol. The molecule has 0 aromatic heterocycles. The predicted octanol–water partition coefficient (Wildman–Crippen LogP) is 2.48. The number of hydrogen-bond acceptors (Lipinski definition) is 4. The van der Waals surface area contributed by atoms with E-state index >= 15 is 0 Å². The van der Waals surface area contributed by atoms with Crippen LogP contribution in [0, 0.1) is 6.92 Å². The molecule has 0 bridgehead atoms. The molecule has 2 rings (SSSR count). The summed E-state index contributed by atoms with van der Waals surface area (Å²) in [5.41, 5.74) is 7.38. The van der Waals surface area contributed by atoms with Gasteiger partial charge in [-0.1, -0.05) is 30.3 Å². The standard InChI is InChI=1S/C20H25N3O3/c1-15-7-2-5-10-18(15)26-14-6-11-19(24)23-17-9-4-3-8-16(17)20(25)22-13-12-21/h2-5,7-10H,6,11-14,21H2,1H3,(H,22,25)(H,23,24).